The molecular formula is C62H43NO. The molecule has 0 aromatic heterocycles. The number of ether oxygens (including phenoxy) is 1. The van der Waals surface area contributed by atoms with E-state index >= 15 is 0 Å². The fourth-order valence-electron chi connectivity index (χ4n) is 11.4. The van der Waals surface area contributed by atoms with Crippen molar-refractivity contribution in [1.82, 2.24) is 0 Å². The second kappa shape index (κ2) is 13.8. The van der Waals surface area contributed by atoms with E-state index in [9.17, 15) is 0 Å². The van der Waals surface area contributed by atoms with Crippen molar-refractivity contribution in [3.8, 4) is 56.0 Å². The standard InChI is InChI=1S/C62H43NO/c1-61(2)52-22-10-8-19-49(52)50-37-36-46(39-57(50)61)63(44-32-27-41(28-33-44)40-15-4-3-5-16-40)45-34-29-43(30-35-45)48-21-14-25-56-60(48)64-58-26-13-12-24-54(58)62(56)53-23-11-9-20-51(53)59-47-18-7-6-17-42(47)31-38-55(59)62/h3-39H,1-2H3. The summed E-state index contributed by atoms with van der Waals surface area (Å²) in [7, 11) is 0. The average molecular weight is 818 g/mol. The number of hydrogen-bond acceptors (Lipinski definition) is 2. The number of para-hydroxylation sites is 2. The minimum absolute atomic E-state index is 0.121. The van der Waals surface area contributed by atoms with Gasteiger partial charge in [0.1, 0.15) is 11.5 Å². The van der Waals surface area contributed by atoms with Gasteiger partial charge in [-0.3, -0.25) is 0 Å². The number of rotatable bonds is 5. The first-order valence-corrected chi connectivity index (χ1v) is 22.3. The molecule has 302 valence electrons. The maximum atomic E-state index is 7.11. The van der Waals surface area contributed by atoms with Crippen LogP contribution in [0, 0.1) is 0 Å². The molecule has 10 aromatic rings. The molecule has 0 saturated heterocycles. The predicted molar refractivity (Wildman–Crippen MR) is 264 cm³/mol. The first-order chi connectivity index (χ1) is 31.5. The summed E-state index contributed by atoms with van der Waals surface area (Å²) >= 11 is 0. The van der Waals surface area contributed by atoms with E-state index in [0.717, 1.165) is 45.3 Å². The monoisotopic (exact) mass is 817 g/mol. The van der Waals surface area contributed by atoms with Crippen LogP contribution >= 0.6 is 0 Å². The van der Waals surface area contributed by atoms with Gasteiger partial charge in [0.2, 0.25) is 0 Å². The summed E-state index contributed by atoms with van der Waals surface area (Å²) in [6, 6.07) is 82.4. The third-order valence-corrected chi connectivity index (χ3v) is 14.3. The highest BCUT2D eigenvalue weighted by Crippen LogP contribution is 2.64. The van der Waals surface area contributed by atoms with E-state index in [2.05, 4.69) is 243 Å². The maximum Gasteiger partial charge on any atom is 0.140 e. The number of nitrogens with zero attached hydrogens (tertiary/aromatic N) is 1. The van der Waals surface area contributed by atoms with Crippen molar-refractivity contribution >= 4 is 27.8 Å². The second-order valence-electron chi connectivity index (χ2n) is 18.0. The highest BCUT2D eigenvalue weighted by molar-refractivity contribution is 6.05. The molecule has 1 unspecified atom stereocenters. The molecule has 3 aliphatic rings. The van der Waals surface area contributed by atoms with Crippen LogP contribution in [0.1, 0.15) is 47.2 Å². The maximum absolute atomic E-state index is 7.11. The van der Waals surface area contributed by atoms with E-state index < -0.39 is 5.41 Å². The molecule has 1 spiro atoms. The molecule has 2 aliphatic carbocycles. The van der Waals surface area contributed by atoms with Gasteiger partial charge in [-0.05, 0) is 114 Å². The van der Waals surface area contributed by atoms with Crippen LogP contribution in [0.15, 0.2) is 224 Å². The van der Waals surface area contributed by atoms with Crippen molar-refractivity contribution in [3.05, 3.63) is 258 Å². The van der Waals surface area contributed by atoms with Crippen molar-refractivity contribution in [2.24, 2.45) is 0 Å². The summed E-state index contributed by atoms with van der Waals surface area (Å²) in [6.45, 7) is 4.71. The first-order valence-electron chi connectivity index (χ1n) is 22.3. The van der Waals surface area contributed by atoms with E-state index in [0.29, 0.717) is 0 Å². The van der Waals surface area contributed by atoms with Gasteiger partial charge in [0.15, 0.2) is 0 Å². The Labute approximate surface area is 374 Å². The Hall–Kier alpha value is -7.94. The largest absolute Gasteiger partial charge is 0.456 e. The summed E-state index contributed by atoms with van der Waals surface area (Å²) in [5, 5.41) is 2.52. The highest BCUT2D eigenvalue weighted by atomic mass is 16.5. The Morgan fingerprint density at radius 2 is 0.938 bits per heavy atom. The SMILES string of the molecule is CC1(C)c2ccccc2-c2ccc(N(c3ccc(-c4ccccc4)cc3)c3ccc(-c4cccc5c4Oc4ccccc4C54c5ccccc5-c5c4ccc4ccccc54)cc3)cc21. The Kier molecular flexibility index (Phi) is 7.90. The summed E-state index contributed by atoms with van der Waals surface area (Å²) in [5.74, 6) is 1.79. The molecular weight excluding hydrogens is 775 g/mol. The third kappa shape index (κ3) is 5.14. The molecule has 0 N–H and O–H groups in total. The molecule has 0 bridgehead atoms. The first kappa shape index (κ1) is 36.7. The van der Waals surface area contributed by atoms with E-state index in [1.54, 1.807) is 0 Å². The van der Waals surface area contributed by atoms with E-state index in [1.165, 1.54) is 72.0 Å². The lowest BCUT2D eigenvalue weighted by Crippen LogP contribution is -2.32. The van der Waals surface area contributed by atoms with Gasteiger partial charge in [-0.25, -0.2) is 0 Å². The molecule has 0 saturated carbocycles. The van der Waals surface area contributed by atoms with Gasteiger partial charge in [0, 0.05) is 39.2 Å². The van der Waals surface area contributed by atoms with Crippen molar-refractivity contribution < 1.29 is 4.74 Å². The molecule has 1 heterocycles. The molecule has 0 fully saturated rings. The molecule has 0 radical (unpaired) electrons. The van der Waals surface area contributed by atoms with Crippen LogP contribution in [0.5, 0.6) is 11.5 Å². The van der Waals surface area contributed by atoms with Gasteiger partial charge in [0.25, 0.3) is 0 Å². The van der Waals surface area contributed by atoms with Crippen LogP contribution in [0.25, 0.3) is 55.3 Å². The normalized spacial score (nSPS) is 15.7. The van der Waals surface area contributed by atoms with Crippen molar-refractivity contribution in [2.75, 3.05) is 4.90 Å². The Morgan fingerprint density at radius 3 is 1.73 bits per heavy atom. The highest BCUT2D eigenvalue weighted by Gasteiger charge is 2.52. The quantitative estimate of drug-likeness (QED) is 0.172. The average Bonchev–Trinajstić information content (AvgIpc) is 3.78. The molecule has 13 rings (SSSR count). The van der Waals surface area contributed by atoms with Gasteiger partial charge in [-0.2, -0.15) is 0 Å². The smallest absolute Gasteiger partial charge is 0.140 e. The minimum Gasteiger partial charge on any atom is -0.456 e. The third-order valence-electron chi connectivity index (χ3n) is 14.3. The summed E-state index contributed by atoms with van der Waals surface area (Å²) < 4.78 is 7.11. The van der Waals surface area contributed by atoms with E-state index in [4.69, 9.17) is 4.74 Å². The van der Waals surface area contributed by atoms with Gasteiger partial charge in [0.05, 0.1) is 5.41 Å². The number of fused-ring (bicyclic) bond motifs is 14. The van der Waals surface area contributed by atoms with Gasteiger partial charge >= 0.3 is 0 Å². The van der Waals surface area contributed by atoms with E-state index in [-0.39, 0.29) is 5.41 Å². The van der Waals surface area contributed by atoms with Crippen LogP contribution in [0.3, 0.4) is 0 Å². The van der Waals surface area contributed by atoms with Crippen LogP contribution in [0.2, 0.25) is 0 Å². The number of hydrogen-bond donors (Lipinski definition) is 0. The van der Waals surface area contributed by atoms with E-state index in [1.807, 2.05) is 0 Å². The zero-order chi connectivity index (χ0) is 42.6. The molecule has 10 aromatic carbocycles. The lowest BCUT2D eigenvalue weighted by molar-refractivity contribution is 0.438. The Bertz CT molecular complexity index is 3490. The Balaban J connectivity index is 0.964. The van der Waals surface area contributed by atoms with Crippen molar-refractivity contribution in [2.45, 2.75) is 24.7 Å². The zero-order valence-electron chi connectivity index (χ0n) is 35.7. The predicted octanol–water partition coefficient (Wildman–Crippen LogP) is 16.4. The lowest BCUT2D eigenvalue weighted by atomic mass is 9.65. The number of benzene rings is 10. The fraction of sp³-hybridized carbons (Fsp3) is 0.0645. The van der Waals surface area contributed by atoms with Crippen molar-refractivity contribution in [1.29, 1.82) is 0 Å². The van der Waals surface area contributed by atoms with Crippen LogP contribution in [-0.2, 0) is 10.8 Å². The molecule has 1 aliphatic heterocycles. The van der Waals surface area contributed by atoms with Crippen LogP contribution < -0.4 is 9.64 Å². The zero-order valence-corrected chi connectivity index (χ0v) is 35.7. The van der Waals surface area contributed by atoms with Gasteiger partial charge < -0.3 is 9.64 Å². The number of anilines is 3. The molecule has 2 nitrogen and oxygen atoms in total. The lowest BCUT2D eigenvalue weighted by Gasteiger charge is -2.40. The second-order valence-corrected chi connectivity index (χ2v) is 18.0. The van der Waals surface area contributed by atoms with Gasteiger partial charge in [-0.15, -0.1) is 0 Å². The molecule has 2 heteroatoms. The summed E-state index contributed by atoms with van der Waals surface area (Å²) in [4.78, 5) is 2.40. The summed E-state index contributed by atoms with van der Waals surface area (Å²) in [6.07, 6.45) is 0. The Morgan fingerprint density at radius 1 is 0.359 bits per heavy atom. The molecule has 0 amide bonds. The minimum atomic E-state index is -0.556. The van der Waals surface area contributed by atoms with Crippen LogP contribution in [0.4, 0.5) is 17.1 Å². The van der Waals surface area contributed by atoms with Crippen LogP contribution in [-0.4, -0.2) is 0 Å². The summed E-state index contributed by atoms with van der Waals surface area (Å²) in [5.41, 5.74) is 20.1. The molecule has 1 atom stereocenters. The fourth-order valence-corrected chi connectivity index (χ4v) is 11.4. The van der Waals surface area contributed by atoms with Crippen molar-refractivity contribution in [3.63, 3.8) is 0 Å². The van der Waals surface area contributed by atoms with Gasteiger partial charge in [-0.1, -0.05) is 196 Å². The topological polar surface area (TPSA) is 12.5 Å². The molecule has 64 heavy (non-hydrogen) atoms.